The van der Waals surface area contributed by atoms with Crippen molar-refractivity contribution < 1.29 is 27.5 Å². The van der Waals surface area contributed by atoms with Crippen molar-refractivity contribution in [2.24, 2.45) is 0 Å². The Kier molecular flexibility index (Phi) is 8.51. The van der Waals surface area contributed by atoms with Gasteiger partial charge in [0.25, 0.3) is 6.43 Å². The Labute approximate surface area is 228 Å². The van der Waals surface area contributed by atoms with Crippen molar-refractivity contribution >= 4 is 55.2 Å². The highest BCUT2D eigenvalue weighted by atomic mass is 79.9. The number of anilines is 1. The SMILES string of the molecule is CC(=O)Nc1nccs1.CCOC(=O)C(c1ncn2c1C[C@@H](F)C2)n1cc2c(C(F)F)cc(Br)c(C)c2n1. The molecule has 0 fully saturated rings. The Balaban J connectivity index is 0.000000317. The number of esters is 1. The first-order valence-electron chi connectivity index (χ1n) is 11.6. The zero-order chi connectivity index (χ0) is 27.6. The van der Waals surface area contributed by atoms with E-state index in [1.165, 1.54) is 41.5 Å². The van der Waals surface area contributed by atoms with E-state index < -0.39 is 24.6 Å². The van der Waals surface area contributed by atoms with E-state index in [1.54, 1.807) is 24.6 Å². The van der Waals surface area contributed by atoms with Crippen molar-refractivity contribution in [2.75, 3.05) is 11.9 Å². The number of aryl methyl sites for hydroxylation is 1. The fraction of sp³-hybridized carbons (Fsp3) is 0.375. The highest BCUT2D eigenvalue weighted by Crippen LogP contribution is 2.36. The van der Waals surface area contributed by atoms with Gasteiger partial charge in [0.15, 0.2) is 11.2 Å². The summed E-state index contributed by atoms with van der Waals surface area (Å²) in [6.45, 7) is 5.17. The number of hydrogen-bond acceptors (Lipinski definition) is 7. The highest BCUT2D eigenvalue weighted by molar-refractivity contribution is 9.10. The number of ether oxygens (including phenoxy) is 1. The lowest BCUT2D eigenvalue weighted by Crippen LogP contribution is -2.25. The molecule has 14 heteroatoms. The monoisotopic (exact) mass is 612 g/mol. The normalized spacial score (nSPS) is 15.2. The van der Waals surface area contributed by atoms with Gasteiger partial charge in [-0.15, -0.1) is 11.3 Å². The number of fused-ring (bicyclic) bond motifs is 2. The predicted octanol–water partition coefficient (Wildman–Crippen LogP) is 5.39. The molecule has 1 aromatic carbocycles. The van der Waals surface area contributed by atoms with Crippen LogP contribution in [0.2, 0.25) is 0 Å². The van der Waals surface area contributed by atoms with Gasteiger partial charge in [-0.25, -0.2) is 27.9 Å². The molecule has 4 heterocycles. The Morgan fingerprint density at radius 2 is 2.11 bits per heavy atom. The zero-order valence-corrected chi connectivity index (χ0v) is 23.0. The first-order chi connectivity index (χ1) is 18.1. The van der Waals surface area contributed by atoms with Crippen LogP contribution >= 0.6 is 27.3 Å². The molecule has 0 saturated heterocycles. The van der Waals surface area contributed by atoms with Gasteiger partial charge < -0.3 is 14.6 Å². The van der Waals surface area contributed by atoms with Crippen LogP contribution in [0.3, 0.4) is 0 Å². The van der Waals surface area contributed by atoms with Gasteiger partial charge in [0.2, 0.25) is 5.91 Å². The van der Waals surface area contributed by atoms with E-state index in [-0.39, 0.29) is 36.4 Å². The second kappa shape index (κ2) is 11.6. The van der Waals surface area contributed by atoms with Crippen LogP contribution in [0, 0.1) is 6.92 Å². The first-order valence-corrected chi connectivity index (χ1v) is 13.3. The molecule has 1 aliphatic heterocycles. The number of imidazole rings is 1. The topological polar surface area (TPSA) is 104 Å². The fourth-order valence-corrected chi connectivity index (χ4v) is 5.16. The summed E-state index contributed by atoms with van der Waals surface area (Å²) in [6, 6.07) is 0.267. The number of nitrogens with one attached hydrogen (secondary N) is 1. The third-order valence-electron chi connectivity index (χ3n) is 5.81. The average molecular weight is 613 g/mol. The van der Waals surface area contributed by atoms with Crippen LogP contribution in [0.25, 0.3) is 10.9 Å². The molecule has 0 saturated carbocycles. The van der Waals surface area contributed by atoms with Crippen LogP contribution in [0.4, 0.5) is 18.3 Å². The minimum absolute atomic E-state index is 0.0787. The fourth-order valence-electron chi connectivity index (χ4n) is 4.15. The van der Waals surface area contributed by atoms with Gasteiger partial charge in [-0.2, -0.15) is 5.10 Å². The van der Waals surface area contributed by atoms with Crippen LogP contribution < -0.4 is 5.32 Å². The summed E-state index contributed by atoms with van der Waals surface area (Å²) < 4.78 is 49.7. The third kappa shape index (κ3) is 5.75. The molecule has 202 valence electrons. The molecule has 1 amide bonds. The summed E-state index contributed by atoms with van der Waals surface area (Å²) in [7, 11) is 0. The van der Waals surface area contributed by atoms with Crippen molar-refractivity contribution in [3.63, 3.8) is 0 Å². The number of rotatable bonds is 6. The molecule has 9 nitrogen and oxygen atoms in total. The molecule has 5 rings (SSSR count). The minimum Gasteiger partial charge on any atom is -0.464 e. The average Bonchev–Trinajstić information content (AvgIpc) is 3.63. The lowest BCUT2D eigenvalue weighted by atomic mass is 10.1. The number of carbonyl (C=O) groups excluding carboxylic acids is 2. The first kappa shape index (κ1) is 27.8. The van der Waals surface area contributed by atoms with Gasteiger partial charge in [-0.1, -0.05) is 15.9 Å². The molecule has 3 aromatic heterocycles. The van der Waals surface area contributed by atoms with E-state index in [4.69, 9.17) is 4.74 Å². The maximum Gasteiger partial charge on any atom is 0.337 e. The Morgan fingerprint density at radius 1 is 1.34 bits per heavy atom. The number of hydrogen-bond donors (Lipinski definition) is 1. The highest BCUT2D eigenvalue weighted by Gasteiger charge is 2.35. The third-order valence-corrected chi connectivity index (χ3v) is 7.32. The number of halogens is 4. The maximum atomic E-state index is 13.9. The Hall–Kier alpha value is -3.26. The summed E-state index contributed by atoms with van der Waals surface area (Å²) in [4.78, 5) is 31.3. The van der Waals surface area contributed by atoms with Gasteiger partial charge in [-0.05, 0) is 25.5 Å². The van der Waals surface area contributed by atoms with E-state index in [1.807, 2.05) is 5.38 Å². The number of thiazole rings is 1. The minimum atomic E-state index is -2.71. The summed E-state index contributed by atoms with van der Waals surface area (Å²) in [6.07, 6.45) is 0.888. The van der Waals surface area contributed by atoms with Crippen molar-refractivity contribution in [1.29, 1.82) is 0 Å². The number of aromatic nitrogens is 5. The second-order valence-corrected chi connectivity index (χ2v) is 10.2. The number of nitrogens with zero attached hydrogens (tertiary/aromatic N) is 5. The van der Waals surface area contributed by atoms with E-state index in [0.29, 0.717) is 32.1 Å². The number of benzene rings is 1. The second-order valence-electron chi connectivity index (χ2n) is 8.45. The number of amides is 1. The van der Waals surface area contributed by atoms with Crippen molar-refractivity contribution in [2.45, 2.75) is 52.4 Å². The lowest BCUT2D eigenvalue weighted by molar-refractivity contribution is -0.146. The smallest absolute Gasteiger partial charge is 0.337 e. The Bertz CT molecular complexity index is 1460. The van der Waals surface area contributed by atoms with E-state index in [0.717, 1.165) is 0 Å². The van der Waals surface area contributed by atoms with Crippen LogP contribution in [0.5, 0.6) is 0 Å². The predicted molar refractivity (Wildman–Crippen MR) is 139 cm³/mol. The van der Waals surface area contributed by atoms with E-state index in [9.17, 15) is 22.8 Å². The van der Waals surface area contributed by atoms with Crippen molar-refractivity contribution in [1.82, 2.24) is 24.3 Å². The molecular weight excluding hydrogens is 589 g/mol. The van der Waals surface area contributed by atoms with Gasteiger partial charge in [0.05, 0.1) is 30.7 Å². The quantitative estimate of drug-likeness (QED) is 0.293. The molecule has 1 N–H and O–H groups in total. The van der Waals surface area contributed by atoms with E-state index in [2.05, 4.69) is 36.3 Å². The summed E-state index contributed by atoms with van der Waals surface area (Å²) in [5.74, 6) is -0.704. The van der Waals surface area contributed by atoms with Gasteiger partial charge in [0.1, 0.15) is 6.17 Å². The van der Waals surface area contributed by atoms with Crippen LogP contribution in [-0.2, 0) is 27.3 Å². The summed E-state index contributed by atoms with van der Waals surface area (Å²) >= 11 is 4.70. The molecule has 0 spiro atoms. The standard InChI is InChI=1S/C19H18BrF3N4O2.C5H6N2OS/c1-3-29-19(28)17(16-14-4-10(21)6-26(14)8-24-16)27-7-12-11(18(22)23)5-13(20)9(2)15(12)25-27;1-4(8)7-5-6-2-3-9-5/h5,7-8,10,17-18H,3-4,6H2,1-2H3;2-3H,1H3,(H,6,7,8)/t10-,17?;/m1./s1. The van der Waals surface area contributed by atoms with Gasteiger partial charge in [-0.3, -0.25) is 9.48 Å². The van der Waals surface area contributed by atoms with Crippen LogP contribution in [0.1, 0.15) is 48.8 Å². The van der Waals surface area contributed by atoms with Crippen LogP contribution in [-0.4, -0.2) is 49.0 Å². The van der Waals surface area contributed by atoms with Crippen molar-refractivity contribution in [3.05, 3.63) is 57.2 Å². The molecule has 0 radical (unpaired) electrons. The molecule has 4 aromatic rings. The summed E-state index contributed by atoms with van der Waals surface area (Å²) in [5.41, 5.74) is 1.74. The zero-order valence-electron chi connectivity index (χ0n) is 20.6. The number of carbonyl (C=O) groups is 2. The number of alkyl halides is 3. The molecule has 0 bridgehead atoms. The molecule has 1 aliphatic rings. The van der Waals surface area contributed by atoms with Crippen molar-refractivity contribution in [3.8, 4) is 0 Å². The molecular formula is C24H24BrF3N6O3S. The molecule has 38 heavy (non-hydrogen) atoms. The largest absolute Gasteiger partial charge is 0.464 e. The lowest BCUT2D eigenvalue weighted by Gasteiger charge is -2.15. The molecule has 1 unspecified atom stereocenters. The van der Waals surface area contributed by atoms with Crippen LogP contribution in [0.15, 0.2) is 34.6 Å². The summed E-state index contributed by atoms with van der Waals surface area (Å²) in [5, 5.41) is 9.69. The Morgan fingerprint density at radius 3 is 2.74 bits per heavy atom. The van der Waals surface area contributed by atoms with E-state index >= 15 is 0 Å². The molecule has 2 atom stereocenters. The van der Waals surface area contributed by atoms with Gasteiger partial charge in [0, 0.05) is 52.2 Å². The van der Waals surface area contributed by atoms with Gasteiger partial charge >= 0.3 is 5.97 Å². The molecule has 0 aliphatic carbocycles. The maximum absolute atomic E-state index is 13.9.